The third-order valence-electron chi connectivity index (χ3n) is 5.38. The number of anilines is 1. The van der Waals surface area contributed by atoms with Crippen molar-refractivity contribution in [2.45, 2.75) is 25.1 Å². The molecule has 1 unspecified atom stereocenters. The first-order chi connectivity index (χ1) is 15.4. The first kappa shape index (κ1) is 24.2. The van der Waals surface area contributed by atoms with E-state index in [9.17, 15) is 27.6 Å². The Morgan fingerprint density at radius 1 is 1.15 bits per heavy atom. The molecule has 3 heterocycles. The fourth-order valence-corrected chi connectivity index (χ4v) is 3.80. The van der Waals surface area contributed by atoms with Crippen molar-refractivity contribution in [3.05, 3.63) is 28.4 Å². The summed E-state index contributed by atoms with van der Waals surface area (Å²) in [6.07, 6.45) is -4.70. The number of imide groups is 1. The van der Waals surface area contributed by atoms with Crippen molar-refractivity contribution >= 4 is 34.5 Å². The highest BCUT2D eigenvalue weighted by atomic mass is 19.4. The molecule has 0 bridgehead atoms. The second kappa shape index (κ2) is 9.21. The van der Waals surface area contributed by atoms with Gasteiger partial charge < -0.3 is 15.3 Å². The number of carboxylic acids is 1. The van der Waals surface area contributed by atoms with E-state index in [1.54, 1.807) is 12.1 Å². The van der Waals surface area contributed by atoms with E-state index >= 15 is 4.39 Å². The molecule has 10 nitrogen and oxygen atoms in total. The van der Waals surface area contributed by atoms with E-state index in [0.29, 0.717) is 24.3 Å². The van der Waals surface area contributed by atoms with Crippen molar-refractivity contribution in [3.63, 3.8) is 0 Å². The highest BCUT2D eigenvalue weighted by Gasteiger charge is 2.38. The van der Waals surface area contributed by atoms with Crippen LogP contribution in [0.5, 0.6) is 0 Å². The second-order valence-electron chi connectivity index (χ2n) is 7.48. The first-order valence-corrected chi connectivity index (χ1v) is 9.92. The summed E-state index contributed by atoms with van der Waals surface area (Å²) in [6, 6.07) is 2.53. The average molecular weight is 475 g/mol. The van der Waals surface area contributed by atoms with Crippen molar-refractivity contribution in [2.24, 2.45) is 7.05 Å². The van der Waals surface area contributed by atoms with Crippen LogP contribution in [0.4, 0.5) is 23.2 Å². The Labute approximate surface area is 183 Å². The summed E-state index contributed by atoms with van der Waals surface area (Å²) in [4.78, 5) is 47.1. The fourth-order valence-electron chi connectivity index (χ4n) is 3.80. The Hall–Kier alpha value is -3.42. The largest absolute Gasteiger partial charge is 0.490 e. The van der Waals surface area contributed by atoms with Crippen molar-refractivity contribution in [1.29, 1.82) is 0 Å². The van der Waals surface area contributed by atoms with Crippen LogP contribution in [0, 0.1) is 5.82 Å². The zero-order valence-electron chi connectivity index (χ0n) is 17.4. The van der Waals surface area contributed by atoms with Gasteiger partial charge in [-0.1, -0.05) is 0 Å². The van der Waals surface area contributed by atoms with Crippen LogP contribution in [0.3, 0.4) is 0 Å². The Kier molecular flexibility index (Phi) is 6.76. The fraction of sp³-hybridized carbons (Fsp3) is 0.474. The number of piperazine rings is 1. The van der Waals surface area contributed by atoms with Gasteiger partial charge in [-0.25, -0.2) is 14.0 Å². The van der Waals surface area contributed by atoms with E-state index in [4.69, 9.17) is 9.90 Å². The van der Waals surface area contributed by atoms with Crippen molar-refractivity contribution < 1.29 is 37.1 Å². The van der Waals surface area contributed by atoms with Crippen LogP contribution in [0.15, 0.2) is 16.9 Å². The number of hydrogen-bond acceptors (Lipinski definition) is 6. The molecule has 3 N–H and O–H groups in total. The lowest BCUT2D eigenvalue weighted by molar-refractivity contribution is -0.192. The molecule has 2 amide bonds. The molecule has 0 radical (unpaired) electrons. The summed E-state index contributed by atoms with van der Waals surface area (Å²) >= 11 is 0. The monoisotopic (exact) mass is 475 g/mol. The van der Waals surface area contributed by atoms with Gasteiger partial charge in [-0.15, -0.1) is 0 Å². The molecule has 14 heteroatoms. The molecular weight excluding hydrogens is 454 g/mol. The number of carbonyl (C=O) groups is 3. The lowest BCUT2D eigenvalue weighted by Crippen LogP contribution is -2.44. The predicted molar refractivity (Wildman–Crippen MR) is 107 cm³/mol. The third kappa shape index (κ3) is 4.84. The molecule has 2 fully saturated rings. The molecule has 33 heavy (non-hydrogen) atoms. The number of carboxylic acid groups (broad SMARTS) is 1. The average Bonchev–Trinajstić information content (AvgIpc) is 3.00. The Balaban J connectivity index is 0.000000383. The SMILES string of the molecule is Cn1c(=O)n(C2CCC(=O)NC2=O)c2ccc(N3CCNCC3)c(F)c21.O=C(O)C(F)(F)F. The van der Waals surface area contributed by atoms with Gasteiger partial charge in [0, 0.05) is 39.6 Å². The van der Waals surface area contributed by atoms with Gasteiger partial charge in [-0.2, -0.15) is 13.2 Å². The van der Waals surface area contributed by atoms with Gasteiger partial charge in [0.15, 0.2) is 5.82 Å². The van der Waals surface area contributed by atoms with Crippen LogP contribution in [0.1, 0.15) is 18.9 Å². The highest BCUT2D eigenvalue weighted by molar-refractivity contribution is 6.00. The van der Waals surface area contributed by atoms with Gasteiger partial charge in [0.2, 0.25) is 11.8 Å². The second-order valence-corrected chi connectivity index (χ2v) is 7.48. The molecule has 180 valence electrons. The molecule has 0 aliphatic carbocycles. The van der Waals surface area contributed by atoms with Gasteiger partial charge in [-0.3, -0.25) is 24.0 Å². The summed E-state index contributed by atoms with van der Waals surface area (Å²) in [5.41, 5.74) is 0.528. The summed E-state index contributed by atoms with van der Waals surface area (Å²) in [5, 5.41) is 12.6. The number of carbonyl (C=O) groups excluding carboxylic acids is 2. The van der Waals surface area contributed by atoms with E-state index in [-0.39, 0.29) is 24.3 Å². The molecule has 1 aromatic heterocycles. The van der Waals surface area contributed by atoms with Gasteiger partial charge >= 0.3 is 17.8 Å². The highest BCUT2D eigenvalue weighted by Crippen LogP contribution is 2.30. The van der Waals surface area contributed by atoms with E-state index in [0.717, 1.165) is 13.1 Å². The number of imidazole rings is 1. The normalized spacial score (nSPS) is 19.2. The van der Waals surface area contributed by atoms with Gasteiger partial charge in [-0.05, 0) is 18.6 Å². The number of fused-ring (bicyclic) bond motifs is 1. The summed E-state index contributed by atoms with van der Waals surface area (Å²) in [7, 11) is 1.50. The van der Waals surface area contributed by atoms with Crippen molar-refractivity contribution in [1.82, 2.24) is 19.8 Å². The summed E-state index contributed by atoms with van der Waals surface area (Å²) in [6.45, 7) is 2.91. The van der Waals surface area contributed by atoms with Crippen molar-refractivity contribution in [2.75, 3.05) is 31.1 Å². The number of nitrogens with zero attached hydrogens (tertiary/aromatic N) is 3. The minimum atomic E-state index is -5.08. The van der Waals surface area contributed by atoms with Gasteiger partial charge in [0.05, 0.1) is 11.2 Å². The summed E-state index contributed by atoms with van der Waals surface area (Å²) < 4.78 is 49.5. The molecule has 2 aromatic rings. The lowest BCUT2D eigenvalue weighted by atomic mass is 10.1. The first-order valence-electron chi connectivity index (χ1n) is 9.92. The van der Waals surface area contributed by atoms with Gasteiger partial charge in [0.25, 0.3) is 0 Å². The molecule has 2 saturated heterocycles. The molecule has 2 aliphatic rings. The number of halogens is 4. The number of nitrogens with one attached hydrogen (secondary N) is 2. The van der Waals surface area contributed by atoms with Crippen LogP contribution in [0.25, 0.3) is 11.0 Å². The number of aromatic nitrogens is 2. The number of piperidine rings is 1. The number of hydrogen-bond donors (Lipinski definition) is 3. The molecule has 0 saturated carbocycles. The van der Waals surface area contributed by atoms with Crippen LogP contribution < -0.4 is 21.2 Å². The maximum Gasteiger partial charge on any atom is 0.490 e. The quantitative estimate of drug-likeness (QED) is 0.427. The molecular formula is C19H21F4N5O5. The number of rotatable bonds is 2. The molecule has 0 spiro atoms. The lowest BCUT2D eigenvalue weighted by Gasteiger charge is -2.30. The molecule has 1 atom stereocenters. The maximum atomic E-state index is 15.2. The Morgan fingerprint density at radius 3 is 2.30 bits per heavy atom. The Bertz CT molecular complexity index is 1150. The zero-order chi connectivity index (χ0) is 24.5. The number of aliphatic carboxylic acids is 1. The van der Waals surface area contributed by atoms with E-state index < -0.39 is 35.6 Å². The van der Waals surface area contributed by atoms with E-state index in [1.807, 2.05) is 4.90 Å². The number of amides is 2. The molecule has 2 aliphatic heterocycles. The zero-order valence-corrected chi connectivity index (χ0v) is 17.4. The standard InChI is InChI=1S/C17H20FN5O3.C2HF3O2/c1-21-15-11(3-2-10(14(15)18)22-8-6-19-7-9-22)23(17(21)26)12-4-5-13(24)20-16(12)25;3-2(4,5)1(6)7/h2-3,12,19H,4-9H2,1H3,(H,20,24,25);(H,6,7). The smallest absolute Gasteiger partial charge is 0.475 e. The van der Waals surface area contributed by atoms with Crippen molar-refractivity contribution in [3.8, 4) is 0 Å². The number of aryl methyl sites for hydroxylation is 1. The van der Waals surface area contributed by atoms with E-state index in [1.165, 1.54) is 16.2 Å². The van der Waals surface area contributed by atoms with Gasteiger partial charge in [0.1, 0.15) is 11.6 Å². The molecule has 4 rings (SSSR count). The number of alkyl halides is 3. The number of benzene rings is 1. The minimum absolute atomic E-state index is 0.153. The van der Waals surface area contributed by atoms with Crippen LogP contribution in [-0.2, 0) is 21.4 Å². The molecule has 1 aromatic carbocycles. The topological polar surface area (TPSA) is 126 Å². The Morgan fingerprint density at radius 2 is 1.76 bits per heavy atom. The van der Waals surface area contributed by atoms with E-state index in [2.05, 4.69) is 10.6 Å². The minimum Gasteiger partial charge on any atom is -0.475 e. The third-order valence-corrected chi connectivity index (χ3v) is 5.38. The van der Waals surface area contributed by atoms with Crippen LogP contribution in [0.2, 0.25) is 0 Å². The maximum absolute atomic E-state index is 15.2. The van der Waals surface area contributed by atoms with Crippen LogP contribution >= 0.6 is 0 Å². The van der Waals surface area contributed by atoms with Crippen LogP contribution in [-0.4, -0.2) is 64.4 Å². The summed E-state index contributed by atoms with van der Waals surface area (Å²) in [5.74, 6) is -4.10. The predicted octanol–water partition coefficient (Wildman–Crippen LogP) is 0.500.